The summed E-state index contributed by atoms with van der Waals surface area (Å²) in [6.07, 6.45) is 0. The normalized spacial score (nSPS) is 10.8. The van der Waals surface area contributed by atoms with E-state index in [2.05, 4.69) is 11.4 Å². The van der Waals surface area contributed by atoms with Crippen molar-refractivity contribution in [3.05, 3.63) is 65.5 Å². The lowest BCUT2D eigenvalue weighted by molar-refractivity contribution is 0.102. The maximum atomic E-state index is 12.4. The van der Waals surface area contributed by atoms with Gasteiger partial charge < -0.3 is 9.88 Å². The van der Waals surface area contributed by atoms with E-state index in [1.54, 1.807) is 0 Å². The average molecular weight is 278 g/mol. The van der Waals surface area contributed by atoms with E-state index in [4.69, 9.17) is 0 Å². The molecule has 1 aromatic heterocycles. The number of amides is 1. The number of rotatable bonds is 2. The van der Waals surface area contributed by atoms with Gasteiger partial charge in [-0.25, -0.2) is 0 Å². The lowest BCUT2D eigenvalue weighted by Gasteiger charge is -2.07. The Morgan fingerprint density at radius 3 is 2.38 bits per heavy atom. The van der Waals surface area contributed by atoms with Gasteiger partial charge >= 0.3 is 0 Å². The molecule has 1 N–H and O–H groups in total. The summed E-state index contributed by atoms with van der Waals surface area (Å²) in [4.78, 5) is 12.4. The highest BCUT2D eigenvalue weighted by Crippen LogP contribution is 2.20. The van der Waals surface area contributed by atoms with Crippen LogP contribution >= 0.6 is 0 Å². The van der Waals surface area contributed by atoms with Crippen LogP contribution in [-0.2, 0) is 7.05 Å². The number of anilines is 1. The van der Waals surface area contributed by atoms with Crippen molar-refractivity contribution in [2.75, 3.05) is 5.32 Å². The van der Waals surface area contributed by atoms with Gasteiger partial charge in [0.2, 0.25) is 0 Å². The van der Waals surface area contributed by atoms with Gasteiger partial charge in [0.25, 0.3) is 5.91 Å². The average Bonchev–Trinajstić information content (AvgIpc) is 2.75. The largest absolute Gasteiger partial charge is 0.351 e. The third-order valence-corrected chi connectivity index (χ3v) is 4.03. The first-order valence-corrected chi connectivity index (χ1v) is 6.99. The van der Waals surface area contributed by atoms with Crippen molar-refractivity contribution >= 4 is 22.4 Å². The lowest BCUT2D eigenvalue weighted by atomic mass is 10.1. The minimum absolute atomic E-state index is 0.0634. The molecule has 3 rings (SSSR count). The molecule has 0 aliphatic carbocycles. The zero-order chi connectivity index (χ0) is 15.0. The predicted octanol–water partition coefficient (Wildman–Crippen LogP) is 4.05. The highest BCUT2D eigenvalue weighted by atomic mass is 16.1. The molecule has 1 amide bonds. The summed E-state index contributed by atoms with van der Waals surface area (Å²) in [7, 11) is 1.97. The van der Waals surface area contributed by atoms with Gasteiger partial charge in [-0.3, -0.25) is 4.79 Å². The molecule has 0 aliphatic rings. The number of benzene rings is 2. The zero-order valence-electron chi connectivity index (χ0n) is 12.5. The van der Waals surface area contributed by atoms with Gasteiger partial charge in [-0.2, -0.15) is 0 Å². The highest BCUT2D eigenvalue weighted by Gasteiger charge is 2.14. The highest BCUT2D eigenvalue weighted by molar-refractivity contribution is 6.06. The summed E-state index contributed by atoms with van der Waals surface area (Å²) in [6, 6.07) is 16.0. The van der Waals surface area contributed by atoms with Crippen LogP contribution in [0.25, 0.3) is 10.8 Å². The second-order valence-corrected chi connectivity index (χ2v) is 5.36. The third kappa shape index (κ3) is 2.42. The summed E-state index contributed by atoms with van der Waals surface area (Å²) in [5.74, 6) is -0.0634. The molecule has 1 heterocycles. The second-order valence-electron chi connectivity index (χ2n) is 5.36. The molecule has 106 valence electrons. The molecule has 0 fully saturated rings. The van der Waals surface area contributed by atoms with Crippen molar-refractivity contribution < 1.29 is 4.79 Å². The maximum absolute atomic E-state index is 12.4. The second kappa shape index (κ2) is 5.09. The topological polar surface area (TPSA) is 34.0 Å². The van der Waals surface area contributed by atoms with E-state index in [0.717, 1.165) is 28.0 Å². The third-order valence-electron chi connectivity index (χ3n) is 4.03. The Morgan fingerprint density at radius 1 is 1.00 bits per heavy atom. The van der Waals surface area contributed by atoms with E-state index in [-0.39, 0.29) is 5.91 Å². The molecule has 0 unspecified atom stereocenters. The Kier molecular flexibility index (Phi) is 3.26. The molecule has 0 saturated heterocycles. The van der Waals surface area contributed by atoms with Gasteiger partial charge in [0.05, 0.1) is 5.56 Å². The molecule has 0 atom stereocenters. The molecule has 0 spiro atoms. The van der Waals surface area contributed by atoms with Crippen LogP contribution in [0.5, 0.6) is 0 Å². The van der Waals surface area contributed by atoms with Crippen LogP contribution in [0.15, 0.2) is 48.5 Å². The molecule has 2 aromatic carbocycles. The molecular formula is C18H18N2O. The first kappa shape index (κ1) is 13.4. The fourth-order valence-corrected chi connectivity index (χ4v) is 2.55. The SMILES string of the molecule is Cc1cc(C(=O)Nc2ccc3ccccc3c2)c(C)n1C. The summed E-state index contributed by atoms with van der Waals surface area (Å²) < 4.78 is 2.02. The van der Waals surface area contributed by atoms with Crippen molar-refractivity contribution in [1.82, 2.24) is 4.57 Å². The van der Waals surface area contributed by atoms with Gasteiger partial charge in [-0.1, -0.05) is 30.3 Å². The molecule has 0 saturated carbocycles. The minimum atomic E-state index is -0.0634. The summed E-state index contributed by atoms with van der Waals surface area (Å²) in [5, 5.41) is 5.27. The first-order valence-electron chi connectivity index (χ1n) is 6.99. The van der Waals surface area contributed by atoms with Gasteiger partial charge in [-0.05, 0) is 42.8 Å². The summed E-state index contributed by atoms with van der Waals surface area (Å²) >= 11 is 0. The van der Waals surface area contributed by atoms with Gasteiger partial charge in [-0.15, -0.1) is 0 Å². The first-order chi connectivity index (χ1) is 10.1. The predicted molar refractivity (Wildman–Crippen MR) is 86.8 cm³/mol. The summed E-state index contributed by atoms with van der Waals surface area (Å²) in [6.45, 7) is 3.96. The number of carbonyl (C=O) groups excluding carboxylic acids is 1. The maximum Gasteiger partial charge on any atom is 0.257 e. The van der Waals surface area contributed by atoms with Crippen LogP contribution in [0.1, 0.15) is 21.7 Å². The number of fused-ring (bicyclic) bond motifs is 1. The molecular weight excluding hydrogens is 260 g/mol. The Morgan fingerprint density at radius 2 is 1.71 bits per heavy atom. The smallest absolute Gasteiger partial charge is 0.257 e. The van der Waals surface area contributed by atoms with E-state index in [1.807, 2.05) is 67.9 Å². The number of hydrogen-bond donors (Lipinski definition) is 1. The monoisotopic (exact) mass is 278 g/mol. The van der Waals surface area contributed by atoms with E-state index >= 15 is 0 Å². The molecule has 3 aromatic rings. The van der Waals surface area contributed by atoms with Crippen LogP contribution in [0.2, 0.25) is 0 Å². The van der Waals surface area contributed by atoms with E-state index in [0.29, 0.717) is 0 Å². The van der Waals surface area contributed by atoms with Gasteiger partial charge in [0.1, 0.15) is 0 Å². The van der Waals surface area contributed by atoms with Crippen LogP contribution < -0.4 is 5.32 Å². The molecule has 3 nitrogen and oxygen atoms in total. The fourth-order valence-electron chi connectivity index (χ4n) is 2.55. The van der Waals surface area contributed by atoms with Crippen LogP contribution in [0.3, 0.4) is 0 Å². The number of aromatic nitrogens is 1. The van der Waals surface area contributed by atoms with E-state index < -0.39 is 0 Å². The fraction of sp³-hybridized carbons (Fsp3) is 0.167. The van der Waals surface area contributed by atoms with Gasteiger partial charge in [0, 0.05) is 24.1 Å². The molecule has 21 heavy (non-hydrogen) atoms. The Bertz CT molecular complexity index is 830. The molecule has 3 heteroatoms. The van der Waals surface area contributed by atoms with Gasteiger partial charge in [0.15, 0.2) is 0 Å². The van der Waals surface area contributed by atoms with Crippen molar-refractivity contribution in [1.29, 1.82) is 0 Å². The number of hydrogen-bond acceptors (Lipinski definition) is 1. The minimum Gasteiger partial charge on any atom is -0.351 e. The number of aryl methyl sites for hydroxylation is 1. The number of carbonyl (C=O) groups is 1. The standard InChI is InChI=1S/C18H18N2O/c1-12-10-17(13(2)20(12)3)18(21)19-16-9-8-14-6-4-5-7-15(14)11-16/h4-11H,1-3H3,(H,19,21). The number of nitrogens with one attached hydrogen (secondary N) is 1. The molecule has 0 radical (unpaired) electrons. The Hall–Kier alpha value is -2.55. The van der Waals surface area contributed by atoms with Crippen LogP contribution in [0.4, 0.5) is 5.69 Å². The van der Waals surface area contributed by atoms with Crippen molar-refractivity contribution in [3.63, 3.8) is 0 Å². The quantitative estimate of drug-likeness (QED) is 0.754. The van der Waals surface area contributed by atoms with Crippen molar-refractivity contribution in [2.45, 2.75) is 13.8 Å². The van der Waals surface area contributed by atoms with Crippen molar-refractivity contribution in [3.8, 4) is 0 Å². The van der Waals surface area contributed by atoms with E-state index in [9.17, 15) is 4.79 Å². The molecule has 0 aliphatic heterocycles. The Labute approximate surface area is 124 Å². The summed E-state index contributed by atoms with van der Waals surface area (Å²) in [5.41, 5.74) is 3.60. The Balaban J connectivity index is 1.90. The number of nitrogens with zero attached hydrogens (tertiary/aromatic N) is 1. The van der Waals surface area contributed by atoms with Crippen LogP contribution in [0, 0.1) is 13.8 Å². The zero-order valence-corrected chi connectivity index (χ0v) is 12.5. The van der Waals surface area contributed by atoms with E-state index in [1.165, 1.54) is 5.39 Å². The molecule has 0 bridgehead atoms. The van der Waals surface area contributed by atoms with Crippen LogP contribution in [-0.4, -0.2) is 10.5 Å². The lowest BCUT2D eigenvalue weighted by Crippen LogP contribution is -2.12. The van der Waals surface area contributed by atoms with Crippen molar-refractivity contribution in [2.24, 2.45) is 7.05 Å².